The summed E-state index contributed by atoms with van der Waals surface area (Å²) in [6.45, 7) is 7.09. The Hall–Kier alpha value is -0.500. The van der Waals surface area contributed by atoms with E-state index >= 15 is 0 Å². The van der Waals surface area contributed by atoms with Gasteiger partial charge in [0.1, 0.15) is 10.7 Å². The molecule has 7 heteroatoms. The van der Waals surface area contributed by atoms with Gasteiger partial charge in [-0.05, 0) is 24.6 Å². The molecule has 0 aliphatic rings. The molecule has 0 aliphatic carbocycles. The van der Waals surface area contributed by atoms with Gasteiger partial charge < -0.3 is 5.32 Å². The van der Waals surface area contributed by atoms with Crippen LogP contribution < -0.4 is 10.0 Å². The molecule has 0 saturated heterocycles. The zero-order valence-corrected chi connectivity index (χ0v) is 14.9. The molecule has 0 saturated carbocycles. The van der Waals surface area contributed by atoms with Crippen LogP contribution in [0.2, 0.25) is 0 Å². The van der Waals surface area contributed by atoms with Gasteiger partial charge in [0.25, 0.3) is 0 Å². The first-order chi connectivity index (χ1) is 9.81. The number of benzene rings is 1. The maximum atomic E-state index is 14.4. The predicted molar refractivity (Wildman–Crippen MR) is 86.1 cm³/mol. The topological polar surface area (TPSA) is 58.2 Å². The van der Waals surface area contributed by atoms with E-state index in [9.17, 15) is 12.8 Å². The van der Waals surface area contributed by atoms with Crippen LogP contribution in [0.4, 0.5) is 4.39 Å². The predicted octanol–water partition coefficient (Wildman–Crippen LogP) is 3.02. The lowest BCUT2D eigenvalue weighted by Gasteiger charge is -2.14. The van der Waals surface area contributed by atoms with E-state index in [2.05, 4.69) is 26.0 Å². The molecule has 1 atom stereocenters. The van der Waals surface area contributed by atoms with Gasteiger partial charge >= 0.3 is 0 Å². The molecule has 4 nitrogen and oxygen atoms in total. The van der Waals surface area contributed by atoms with Crippen LogP contribution in [-0.2, 0) is 16.6 Å². The fourth-order valence-electron chi connectivity index (χ4n) is 1.68. The first-order valence-electron chi connectivity index (χ1n) is 7.00. The van der Waals surface area contributed by atoms with Crippen molar-refractivity contribution in [2.45, 2.75) is 38.6 Å². The maximum Gasteiger partial charge on any atom is 0.243 e. The van der Waals surface area contributed by atoms with Crippen molar-refractivity contribution in [2.24, 2.45) is 5.92 Å². The van der Waals surface area contributed by atoms with E-state index in [1.165, 1.54) is 6.07 Å². The Morgan fingerprint density at radius 2 is 2.00 bits per heavy atom. The van der Waals surface area contributed by atoms with Gasteiger partial charge in [-0.25, -0.2) is 17.5 Å². The van der Waals surface area contributed by atoms with Crippen LogP contribution in [0, 0.1) is 11.7 Å². The quantitative estimate of drug-likeness (QED) is 0.728. The van der Waals surface area contributed by atoms with E-state index in [1.54, 1.807) is 6.07 Å². The lowest BCUT2D eigenvalue weighted by Crippen LogP contribution is -2.29. The fourth-order valence-corrected chi connectivity index (χ4v) is 3.64. The van der Waals surface area contributed by atoms with Gasteiger partial charge in [0.05, 0.1) is 0 Å². The Balaban J connectivity index is 3.08. The lowest BCUT2D eigenvalue weighted by molar-refractivity contribution is 0.517. The Bertz CT molecular complexity index is 579. The molecule has 0 aliphatic heterocycles. The molecule has 0 bridgehead atoms. The molecule has 1 aromatic rings. The highest BCUT2D eigenvalue weighted by molar-refractivity contribution is 9.10. The van der Waals surface area contributed by atoms with Gasteiger partial charge in [-0.15, -0.1) is 0 Å². The highest BCUT2D eigenvalue weighted by Gasteiger charge is 2.22. The minimum absolute atomic E-state index is 0.205. The van der Waals surface area contributed by atoms with Crippen LogP contribution >= 0.6 is 15.9 Å². The summed E-state index contributed by atoms with van der Waals surface area (Å²) in [7, 11) is -3.85. The molecule has 0 spiro atoms. The fraction of sp³-hybridized carbons (Fsp3) is 0.571. The zero-order valence-electron chi connectivity index (χ0n) is 12.5. The SMILES string of the molecule is CCNCc1cc(Br)cc(S(=O)(=O)NCC(C)CC)c1F. The maximum absolute atomic E-state index is 14.4. The number of rotatable bonds is 8. The van der Waals surface area contributed by atoms with Gasteiger partial charge in [-0.2, -0.15) is 0 Å². The molecule has 0 aromatic heterocycles. The van der Waals surface area contributed by atoms with Gasteiger partial charge in [-0.3, -0.25) is 0 Å². The summed E-state index contributed by atoms with van der Waals surface area (Å²) in [6, 6.07) is 2.88. The summed E-state index contributed by atoms with van der Waals surface area (Å²) in [4.78, 5) is -0.312. The average molecular weight is 381 g/mol. The minimum Gasteiger partial charge on any atom is -0.313 e. The molecule has 0 heterocycles. The third-order valence-corrected chi connectivity index (χ3v) is 5.13. The summed E-state index contributed by atoms with van der Waals surface area (Å²) in [5.41, 5.74) is 0.329. The second kappa shape index (κ2) is 8.22. The molecule has 21 heavy (non-hydrogen) atoms. The van der Waals surface area contributed by atoms with Crippen LogP contribution in [0.1, 0.15) is 32.8 Å². The smallest absolute Gasteiger partial charge is 0.243 e. The Morgan fingerprint density at radius 3 is 2.57 bits per heavy atom. The van der Waals surface area contributed by atoms with Crippen molar-refractivity contribution < 1.29 is 12.8 Å². The molecular formula is C14H22BrFN2O2S. The van der Waals surface area contributed by atoms with E-state index in [4.69, 9.17) is 0 Å². The van der Waals surface area contributed by atoms with Crippen molar-refractivity contribution in [1.82, 2.24) is 10.0 Å². The molecule has 1 rings (SSSR count). The largest absolute Gasteiger partial charge is 0.313 e. The second-order valence-corrected chi connectivity index (χ2v) is 7.67. The van der Waals surface area contributed by atoms with Crippen LogP contribution in [0.5, 0.6) is 0 Å². The van der Waals surface area contributed by atoms with Crippen LogP contribution in [-0.4, -0.2) is 21.5 Å². The molecule has 0 amide bonds. The first kappa shape index (κ1) is 18.5. The lowest BCUT2D eigenvalue weighted by atomic mass is 10.1. The average Bonchev–Trinajstić information content (AvgIpc) is 2.45. The van der Waals surface area contributed by atoms with Crippen molar-refractivity contribution in [1.29, 1.82) is 0 Å². The molecule has 0 fully saturated rings. The second-order valence-electron chi connectivity index (χ2n) is 5.02. The number of hydrogen-bond donors (Lipinski definition) is 2. The Labute approximate surface area is 134 Å². The van der Waals surface area contributed by atoms with E-state index in [0.29, 0.717) is 23.1 Å². The van der Waals surface area contributed by atoms with Gasteiger partial charge in [0.2, 0.25) is 10.0 Å². The van der Waals surface area contributed by atoms with Gasteiger partial charge in [-0.1, -0.05) is 43.1 Å². The Morgan fingerprint density at radius 1 is 1.33 bits per heavy atom. The number of sulfonamides is 1. The van der Waals surface area contributed by atoms with Crippen molar-refractivity contribution in [3.63, 3.8) is 0 Å². The number of hydrogen-bond acceptors (Lipinski definition) is 3. The summed E-state index contributed by atoms with van der Waals surface area (Å²) in [5.74, 6) is -0.494. The zero-order chi connectivity index (χ0) is 16.0. The van der Waals surface area contributed by atoms with Gasteiger partial charge in [0.15, 0.2) is 0 Å². The highest BCUT2D eigenvalue weighted by atomic mass is 79.9. The highest BCUT2D eigenvalue weighted by Crippen LogP contribution is 2.24. The van der Waals surface area contributed by atoms with E-state index < -0.39 is 15.8 Å². The number of nitrogens with one attached hydrogen (secondary N) is 2. The summed E-state index contributed by atoms with van der Waals surface area (Å²) < 4.78 is 41.9. The van der Waals surface area contributed by atoms with Crippen LogP contribution in [0.25, 0.3) is 0 Å². The molecule has 2 N–H and O–H groups in total. The number of halogens is 2. The van der Waals surface area contributed by atoms with E-state index in [-0.39, 0.29) is 17.4 Å². The standard InChI is InChI=1S/C14H22BrFN2O2S/c1-4-10(3)8-18-21(19,20)13-7-12(15)6-11(14(13)16)9-17-5-2/h6-7,10,17-18H,4-5,8-9H2,1-3H3. The first-order valence-corrected chi connectivity index (χ1v) is 9.27. The third kappa shape index (κ3) is 5.32. The van der Waals surface area contributed by atoms with E-state index in [0.717, 1.165) is 6.42 Å². The summed E-state index contributed by atoms with van der Waals surface area (Å²) in [6.07, 6.45) is 0.856. The van der Waals surface area contributed by atoms with Crippen LogP contribution in [0.3, 0.4) is 0 Å². The van der Waals surface area contributed by atoms with Gasteiger partial charge in [0, 0.05) is 23.1 Å². The Kier molecular flexibility index (Phi) is 7.26. The van der Waals surface area contributed by atoms with Crippen molar-refractivity contribution in [3.05, 3.63) is 28.0 Å². The summed E-state index contributed by atoms with van der Waals surface area (Å²) in [5, 5.41) is 2.99. The van der Waals surface area contributed by atoms with Crippen molar-refractivity contribution in [3.8, 4) is 0 Å². The molecular weight excluding hydrogens is 359 g/mol. The van der Waals surface area contributed by atoms with Crippen molar-refractivity contribution in [2.75, 3.05) is 13.1 Å². The van der Waals surface area contributed by atoms with Crippen molar-refractivity contribution >= 4 is 26.0 Å². The monoisotopic (exact) mass is 380 g/mol. The molecule has 0 radical (unpaired) electrons. The van der Waals surface area contributed by atoms with Crippen LogP contribution in [0.15, 0.2) is 21.5 Å². The summed E-state index contributed by atoms with van der Waals surface area (Å²) >= 11 is 3.24. The molecule has 1 unspecified atom stereocenters. The third-order valence-electron chi connectivity index (χ3n) is 3.25. The molecule has 120 valence electrons. The van der Waals surface area contributed by atoms with E-state index in [1.807, 2.05) is 20.8 Å². The normalized spacial score (nSPS) is 13.4. The minimum atomic E-state index is -3.85. The molecule has 1 aromatic carbocycles.